The first-order valence-electron chi connectivity index (χ1n) is 7.47. The lowest BCUT2D eigenvalue weighted by atomic mass is 10.1. The summed E-state index contributed by atoms with van der Waals surface area (Å²) in [6.07, 6.45) is 3.55. The third kappa shape index (κ3) is 3.95. The van der Waals surface area contributed by atoms with Crippen LogP contribution in [0.5, 0.6) is 0 Å². The number of benzene rings is 1. The van der Waals surface area contributed by atoms with Crippen molar-refractivity contribution in [2.75, 3.05) is 14.1 Å². The van der Waals surface area contributed by atoms with Gasteiger partial charge in [0.15, 0.2) is 0 Å². The van der Waals surface area contributed by atoms with E-state index in [4.69, 9.17) is 0 Å². The standard InChI is InChI=1S/C17H24N4O/c1-13(21-10-9-18-14(21)2)17(22)19-11-15-7-5-6-8-16(15)12-20(3)4/h5-10,13H,11-12H2,1-4H3,(H,19,22)/t13-/m0/s1. The second-order valence-electron chi connectivity index (χ2n) is 5.78. The zero-order valence-corrected chi connectivity index (χ0v) is 13.7. The molecule has 0 unspecified atom stereocenters. The number of imidazole rings is 1. The fourth-order valence-corrected chi connectivity index (χ4v) is 2.48. The quantitative estimate of drug-likeness (QED) is 0.889. The Kier molecular flexibility index (Phi) is 5.33. The van der Waals surface area contributed by atoms with Crippen molar-refractivity contribution in [1.29, 1.82) is 0 Å². The van der Waals surface area contributed by atoms with E-state index in [0.717, 1.165) is 17.9 Å². The van der Waals surface area contributed by atoms with Crippen LogP contribution < -0.4 is 5.32 Å². The maximum Gasteiger partial charge on any atom is 0.243 e. The topological polar surface area (TPSA) is 50.2 Å². The summed E-state index contributed by atoms with van der Waals surface area (Å²) < 4.78 is 1.88. The molecule has 5 heteroatoms. The zero-order valence-electron chi connectivity index (χ0n) is 13.7. The van der Waals surface area contributed by atoms with Gasteiger partial charge in [-0.25, -0.2) is 4.98 Å². The van der Waals surface area contributed by atoms with Crippen LogP contribution >= 0.6 is 0 Å². The highest BCUT2D eigenvalue weighted by molar-refractivity contribution is 5.79. The highest BCUT2D eigenvalue weighted by Gasteiger charge is 2.16. The van der Waals surface area contributed by atoms with Crippen molar-refractivity contribution in [3.05, 3.63) is 53.6 Å². The zero-order chi connectivity index (χ0) is 16.1. The van der Waals surface area contributed by atoms with E-state index in [9.17, 15) is 4.79 Å². The Balaban J connectivity index is 2.01. The first kappa shape index (κ1) is 16.2. The number of aromatic nitrogens is 2. The Labute approximate surface area is 132 Å². The van der Waals surface area contributed by atoms with Gasteiger partial charge in [-0.2, -0.15) is 0 Å². The number of carbonyl (C=O) groups is 1. The van der Waals surface area contributed by atoms with Gasteiger partial charge in [0.05, 0.1) is 0 Å². The molecule has 0 spiro atoms. The van der Waals surface area contributed by atoms with Crippen molar-refractivity contribution >= 4 is 5.91 Å². The summed E-state index contributed by atoms with van der Waals surface area (Å²) in [6.45, 7) is 5.19. The first-order valence-corrected chi connectivity index (χ1v) is 7.47. The minimum absolute atomic E-state index is 0.000700. The molecule has 1 aromatic heterocycles. The van der Waals surface area contributed by atoms with Gasteiger partial charge in [0.25, 0.3) is 0 Å². The number of hydrogen-bond donors (Lipinski definition) is 1. The largest absolute Gasteiger partial charge is 0.350 e. The van der Waals surface area contributed by atoms with Crippen molar-refractivity contribution in [3.63, 3.8) is 0 Å². The summed E-state index contributed by atoms with van der Waals surface area (Å²) in [4.78, 5) is 18.6. The van der Waals surface area contributed by atoms with E-state index in [0.29, 0.717) is 6.54 Å². The molecule has 1 heterocycles. The molecule has 0 saturated heterocycles. The predicted molar refractivity (Wildman–Crippen MR) is 87.4 cm³/mol. The molecule has 1 aromatic carbocycles. The van der Waals surface area contributed by atoms with Crippen LogP contribution in [-0.4, -0.2) is 34.5 Å². The molecule has 1 amide bonds. The van der Waals surface area contributed by atoms with E-state index < -0.39 is 0 Å². The van der Waals surface area contributed by atoms with E-state index in [2.05, 4.69) is 27.3 Å². The molecule has 22 heavy (non-hydrogen) atoms. The van der Waals surface area contributed by atoms with Crippen molar-refractivity contribution in [2.24, 2.45) is 0 Å². The van der Waals surface area contributed by atoms with Crippen LogP contribution in [0.1, 0.15) is 29.9 Å². The molecule has 0 bridgehead atoms. The van der Waals surface area contributed by atoms with Gasteiger partial charge >= 0.3 is 0 Å². The Morgan fingerprint density at radius 2 is 2.00 bits per heavy atom. The Bertz CT molecular complexity index is 633. The molecule has 118 valence electrons. The minimum Gasteiger partial charge on any atom is -0.350 e. The molecule has 0 saturated carbocycles. The average Bonchev–Trinajstić information content (AvgIpc) is 2.90. The molecule has 0 fully saturated rings. The molecule has 0 aliphatic rings. The van der Waals surface area contributed by atoms with E-state index in [1.807, 2.05) is 50.8 Å². The number of hydrogen-bond acceptors (Lipinski definition) is 3. The van der Waals surface area contributed by atoms with Crippen molar-refractivity contribution in [3.8, 4) is 0 Å². The minimum atomic E-state index is -0.261. The predicted octanol–water partition coefficient (Wildman–Crippen LogP) is 2.13. The van der Waals surface area contributed by atoms with Crippen LogP contribution in [0.4, 0.5) is 0 Å². The Morgan fingerprint density at radius 1 is 1.32 bits per heavy atom. The third-order valence-electron chi connectivity index (χ3n) is 3.72. The van der Waals surface area contributed by atoms with Crippen LogP contribution in [0.2, 0.25) is 0 Å². The van der Waals surface area contributed by atoms with Gasteiger partial charge in [0.2, 0.25) is 5.91 Å². The Morgan fingerprint density at radius 3 is 2.59 bits per heavy atom. The molecule has 2 rings (SSSR count). The van der Waals surface area contributed by atoms with Crippen molar-refractivity contribution in [1.82, 2.24) is 19.8 Å². The number of aryl methyl sites for hydroxylation is 1. The molecule has 2 aromatic rings. The van der Waals surface area contributed by atoms with Crippen LogP contribution in [0, 0.1) is 6.92 Å². The summed E-state index contributed by atoms with van der Waals surface area (Å²) in [5.74, 6) is 0.844. The molecule has 0 radical (unpaired) electrons. The molecule has 5 nitrogen and oxygen atoms in total. The highest BCUT2D eigenvalue weighted by atomic mass is 16.2. The summed E-state index contributed by atoms with van der Waals surface area (Å²) in [6, 6.07) is 7.94. The van der Waals surface area contributed by atoms with Gasteiger partial charge in [0.1, 0.15) is 11.9 Å². The van der Waals surface area contributed by atoms with Gasteiger partial charge < -0.3 is 14.8 Å². The lowest BCUT2D eigenvalue weighted by Crippen LogP contribution is -2.31. The van der Waals surface area contributed by atoms with Gasteiger partial charge in [-0.15, -0.1) is 0 Å². The van der Waals surface area contributed by atoms with Crippen LogP contribution in [-0.2, 0) is 17.9 Å². The normalized spacial score (nSPS) is 12.4. The molecule has 0 aliphatic carbocycles. The van der Waals surface area contributed by atoms with Gasteiger partial charge in [-0.3, -0.25) is 4.79 Å². The van der Waals surface area contributed by atoms with E-state index in [-0.39, 0.29) is 11.9 Å². The molecular weight excluding hydrogens is 276 g/mol. The van der Waals surface area contributed by atoms with Crippen LogP contribution in [0.25, 0.3) is 0 Å². The van der Waals surface area contributed by atoms with E-state index in [1.54, 1.807) is 6.20 Å². The highest BCUT2D eigenvalue weighted by Crippen LogP contribution is 2.12. The average molecular weight is 300 g/mol. The number of nitrogens with one attached hydrogen (secondary N) is 1. The van der Waals surface area contributed by atoms with E-state index >= 15 is 0 Å². The number of rotatable bonds is 6. The van der Waals surface area contributed by atoms with Gasteiger partial charge in [-0.05, 0) is 39.1 Å². The summed E-state index contributed by atoms with van der Waals surface area (Å²) in [5, 5.41) is 3.02. The third-order valence-corrected chi connectivity index (χ3v) is 3.72. The Hall–Kier alpha value is -2.14. The van der Waals surface area contributed by atoms with Crippen molar-refractivity contribution in [2.45, 2.75) is 33.0 Å². The lowest BCUT2D eigenvalue weighted by molar-refractivity contribution is -0.124. The smallest absolute Gasteiger partial charge is 0.243 e. The molecular formula is C17H24N4O. The van der Waals surface area contributed by atoms with Crippen LogP contribution in [0.3, 0.4) is 0 Å². The van der Waals surface area contributed by atoms with Gasteiger partial charge in [-0.1, -0.05) is 24.3 Å². The number of carbonyl (C=O) groups excluding carboxylic acids is 1. The monoisotopic (exact) mass is 300 g/mol. The number of amides is 1. The van der Waals surface area contributed by atoms with Crippen LogP contribution in [0.15, 0.2) is 36.7 Å². The van der Waals surface area contributed by atoms with Gasteiger partial charge in [0, 0.05) is 25.5 Å². The maximum atomic E-state index is 12.3. The maximum absolute atomic E-state index is 12.3. The molecule has 1 N–H and O–H groups in total. The lowest BCUT2D eigenvalue weighted by Gasteiger charge is -2.17. The van der Waals surface area contributed by atoms with E-state index in [1.165, 1.54) is 5.56 Å². The SMILES string of the molecule is Cc1nccn1[C@@H](C)C(=O)NCc1ccccc1CN(C)C. The number of nitrogens with zero attached hydrogens (tertiary/aromatic N) is 3. The second-order valence-corrected chi connectivity index (χ2v) is 5.78. The fourth-order valence-electron chi connectivity index (χ4n) is 2.48. The van der Waals surface area contributed by atoms with Crippen molar-refractivity contribution < 1.29 is 4.79 Å². The first-order chi connectivity index (χ1) is 10.5. The molecule has 1 atom stereocenters. The second kappa shape index (κ2) is 7.22. The summed E-state index contributed by atoms with van der Waals surface area (Å²) in [7, 11) is 4.08. The molecule has 0 aliphatic heterocycles. The summed E-state index contributed by atoms with van der Waals surface area (Å²) in [5.41, 5.74) is 2.39. The summed E-state index contributed by atoms with van der Waals surface area (Å²) >= 11 is 0. The fraction of sp³-hybridized carbons (Fsp3) is 0.412.